The van der Waals surface area contributed by atoms with Crippen molar-refractivity contribution < 1.29 is 9.53 Å². The Kier molecular flexibility index (Phi) is 6.35. The van der Waals surface area contributed by atoms with Crippen LogP contribution in [0.3, 0.4) is 0 Å². The normalized spacial score (nSPS) is 12.1. The molecule has 0 saturated carbocycles. The predicted octanol–water partition coefficient (Wildman–Crippen LogP) is 3.28. The minimum Gasteiger partial charge on any atom is -0.488 e. The van der Waals surface area contributed by atoms with E-state index in [1.165, 1.54) is 11.1 Å². The standard InChI is InChI=1S/C15H22BrNO2/c1-10-5-6-11(2)15(13(10)4)19-12(3)9-17-14(18)7-8-16/h5-6,12H,7-9H2,1-4H3,(H,17,18). The SMILES string of the molecule is Cc1ccc(C)c(OC(C)CNC(=O)CCBr)c1C. The Bertz CT molecular complexity index is 446. The molecule has 1 atom stereocenters. The summed E-state index contributed by atoms with van der Waals surface area (Å²) in [4.78, 5) is 11.4. The van der Waals surface area contributed by atoms with Crippen molar-refractivity contribution >= 4 is 21.8 Å². The molecule has 0 aliphatic heterocycles. The number of amides is 1. The van der Waals surface area contributed by atoms with Gasteiger partial charge in [0.1, 0.15) is 11.9 Å². The third-order valence-electron chi connectivity index (χ3n) is 3.10. The number of benzene rings is 1. The molecule has 1 aromatic carbocycles. The molecule has 4 heteroatoms. The van der Waals surface area contributed by atoms with Crippen LogP contribution in [-0.4, -0.2) is 23.9 Å². The predicted molar refractivity (Wildman–Crippen MR) is 82.2 cm³/mol. The zero-order valence-corrected chi connectivity index (χ0v) is 13.6. The average molecular weight is 328 g/mol. The van der Waals surface area contributed by atoms with Gasteiger partial charge in [-0.05, 0) is 44.4 Å². The number of rotatable bonds is 6. The Morgan fingerprint density at radius 1 is 1.32 bits per heavy atom. The van der Waals surface area contributed by atoms with Crippen LogP contribution >= 0.6 is 15.9 Å². The molecule has 3 nitrogen and oxygen atoms in total. The molecule has 1 aromatic rings. The van der Waals surface area contributed by atoms with Crippen LogP contribution in [0.25, 0.3) is 0 Å². The molecule has 1 N–H and O–H groups in total. The molecule has 1 unspecified atom stereocenters. The molecule has 0 bridgehead atoms. The molecule has 0 aliphatic carbocycles. The van der Waals surface area contributed by atoms with Crippen molar-refractivity contribution in [2.75, 3.05) is 11.9 Å². The number of hydrogen-bond donors (Lipinski definition) is 1. The number of nitrogens with one attached hydrogen (secondary N) is 1. The topological polar surface area (TPSA) is 38.3 Å². The smallest absolute Gasteiger partial charge is 0.220 e. The van der Waals surface area contributed by atoms with Crippen LogP contribution in [0.4, 0.5) is 0 Å². The fraction of sp³-hybridized carbons (Fsp3) is 0.533. The summed E-state index contributed by atoms with van der Waals surface area (Å²) < 4.78 is 5.96. The van der Waals surface area contributed by atoms with Crippen molar-refractivity contribution in [3.63, 3.8) is 0 Å². The van der Waals surface area contributed by atoms with Gasteiger partial charge in [0, 0.05) is 11.8 Å². The number of halogens is 1. The summed E-state index contributed by atoms with van der Waals surface area (Å²) in [5.74, 6) is 0.979. The van der Waals surface area contributed by atoms with Crippen LogP contribution in [0, 0.1) is 20.8 Å². The Labute approximate surface area is 123 Å². The zero-order chi connectivity index (χ0) is 14.4. The van der Waals surface area contributed by atoms with Gasteiger partial charge in [-0.3, -0.25) is 4.79 Å². The van der Waals surface area contributed by atoms with Gasteiger partial charge in [-0.2, -0.15) is 0 Å². The lowest BCUT2D eigenvalue weighted by Gasteiger charge is -2.19. The summed E-state index contributed by atoms with van der Waals surface area (Å²) in [7, 11) is 0. The fourth-order valence-electron chi connectivity index (χ4n) is 1.78. The number of alkyl halides is 1. The van der Waals surface area contributed by atoms with Crippen molar-refractivity contribution in [3.8, 4) is 5.75 Å². The lowest BCUT2D eigenvalue weighted by atomic mass is 10.1. The van der Waals surface area contributed by atoms with E-state index in [9.17, 15) is 4.79 Å². The highest BCUT2D eigenvalue weighted by Gasteiger charge is 2.11. The van der Waals surface area contributed by atoms with E-state index in [-0.39, 0.29) is 12.0 Å². The highest BCUT2D eigenvalue weighted by atomic mass is 79.9. The second kappa shape index (κ2) is 7.53. The molecular weight excluding hydrogens is 306 g/mol. The molecule has 0 radical (unpaired) electrons. The molecule has 106 valence electrons. The van der Waals surface area contributed by atoms with Crippen molar-refractivity contribution in [3.05, 3.63) is 28.8 Å². The van der Waals surface area contributed by atoms with Gasteiger partial charge in [0.15, 0.2) is 0 Å². The largest absolute Gasteiger partial charge is 0.488 e. The van der Waals surface area contributed by atoms with E-state index in [2.05, 4.69) is 47.2 Å². The molecule has 0 aromatic heterocycles. The van der Waals surface area contributed by atoms with Crippen molar-refractivity contribution in [1.29, 1.82) is 0 Å². The van der Waals surface area contributed by atoms with E-state index >= 15 is 0 Å². The quantitative estimate of drug-likeness (QED) is 0.814. The Morgan fingerprint density at radius 3 is 2.58 bits per heavy atom. The first-order valence-electron chi connectivity index (χ1n) is 6.51. The van der Waals surface area contributed by atoms with Crippen molar-refractivity contribution in [1.82, 2.24) is 5.32 Å². The van der Waals surface area contributed by atoms with E-state index < -0.39 is 0 Å². The van der Waals surface area contributed by atoms with Crippen molar-refractivity contribution in [2.24, 2.45) is 0 Å². The maximum absolute atomic E-state index is 11.4. The maximum atomic E-state index is 11.4. The lowest BCUT2D eigenvalue weighted by Crippen LogP contribution is -2.33. The van der Waals surface area contributed by atoms with Crippen molar-refractivity contribution in [2.45, 2.75) is 40.2 Å². The summed E-state index contributed by atoms with van der Waals surface area (Å²) in [6, 6.07) is 4.16. The highest BCUT2D eigenvalue weighted by molar-refractivity contribution is 9.09. The van der Waals surface area contributed by atoms with Gasteiger partial charge in [0.05, 0.1) is 6.54 Å². The summed E-state index contributed by atoms with van der Waals surface area (Å²) in [6.07, 6.45) is 0.452. The first-order valence-corrected chi connectivity index (χ1v) is 7.64. The summed E-state index contributed by atoms with van der Waals surface area (Å²) >= 11 is 3.25. The molecule has 19 heavy (non-hydrogen) atoms. The van der Waals surface area contributed by atoms with Gasteiger partial charge >= 0.3 is 0 Å². The Balaban J connectivity index is 2.60. The van der Waals surface area contributed by atoms with E-state index in [4.69, 9.17) is 4.74 Å². The molecule has 0 fully saturated rings. The minimum atomic E-state index is -0.0431. The first-order chi connectivity index (χ1) is 8.95. The lowest BCUT2D eigenvalue weighted by molar-refractivity contribution is -0.121. The second-order valence-electron chi connectivity index (χ2n) is 4.83. The van der Waals surface area contributed by atoms with E-state index in [0.29, 0.717) is 18.3 Å². The summed E-state index contributed by atoms with van der Waals surface area (Å²) in [5.41, 5.74) is 3.51. The van der Waals surface area contributed by atoms with Crippen LogP contribution in [-0.2, 0) is 4.79 Å². The molecule has 0 saturated heterocycles. The molecule has 1 amide bonds. The van der Waals surface area contributed by atoms with Crippen LogP contribution in [0.5, 0.6) is 5.75 Å². The Morgan fingerprint density at radius 2 is 1.95 bits per heavy atom. The van der Waals surface area contributed by atoms with Crippen LogP contribution < -0.4 is 10.1 Å². The fourth-order valence-corrected chi connectivity index (χ4v) is 2.14. The molecule has 0 spiro atoms. The van der Waals surface area contributed by atoms with Gasteiger partial charge in [-0.1, -0.05) is 28.1 Å². The van der Waals surface area contributed by atoms with Gasteiger partial charge in [-0.15, -0.1) is 0 Å². The van der Waals surface area contributed by atoms with Crippen LogP contribution in [0.1, 0.15) is 30.0 Å². The van der Waals surface area contributed by atoms with E-state index in [1.54, 1.807) is 0 Å². The van der Waals surface area contributed by atoms with Gasteiger partial charge in [0.25, 0.3) is 0 Å². The van der Waals surface area contributed by atoms with Gasteiger partial charge in [0.2, 0.25) is 5.91 Å². The number of ether oxygens (including phenoxy) is 1. The highest BCUT2D eigenvalue weighted by Crippen LogP contribution is 2.26. The molecule has 1 rings (SSSR count). The molecular formula is C15H22BrNO2. The minimum absolute atomic E-state index is 0.0431. The average Bonchev–Trinajstić information content (AvgIpc) is 2.37. The molecule has 0 heterocycles. The summed E-state index contributed by atoms with van der Waals surface area (Å²) in [5, 5.41) is 3.55. The van der Waals surface area contributed by atoms with Gasteiger partial charge < -0.3 is 10.1 Å². The van der Waals surface area contributed by atoms with E-state index in [0.717, 1.165) is 11.3 Å². The van der Waals surface area contributed by atoms with Gasteiger partial charge in [-0.25, -0.2) is 0 Å². The van der Waals surface area contributed by atoms with Crippen LogP contribution in [0.15, 0.2) is 12.1 Å². The zero-order valence-electron chi connectivity index (χ0n) is 12.0. The summed E-state index contributed by atoms with van der Waals surface area (Å²) in [6.45, 7) is 8.67. The second-order valence-corrected chi connectivity index (χ2v) is 5.62. The maximum Gasteiger partial charge on any atom is 0.220 e. The number of carbonyl (C=O) groups excluding carboxylic acids is 1. The third-order valence-corrected chi connectivity index (χ3v) is 3.50. The number of carbonyl (C=O) groups is 1. The number of aryl methyl sites for hydroxylation is 2. The first kappa shape index (κ1) is 16.0. The third kappa shape index (κ3) is 4.86. The van der Waals surface area contributed by atoms with E-state index in [1.807, 2.05) is 13.8 Å². The van der Waals surface area contributed by atoms with Crippen LogP contribution in [0.2, 0.25) is 0 Å². The monoisotopic (exact) mass is 327 g/mol. The molecule has 0 aliphatic rings. The Hall–Kier alpha value is -1.03. The number of hydrogen-bond acceptors (Lipinski definition) is 2.